The van der Waals surface area contributed by atoms with Gasteiger partial charge in [-0.1, -0.05) is 0 Å². The molecule has 0 saturated carbocycles. The summed E-state index contributed by atoms with van der Waals surface area (Å²) in [6.45, 7) is 1.41. The van der Waals surface area contributed by atoms with Gasteiger partial charge in [0, 0.05) is 25.1 Å². The van der Waals surface area contributed by atoms with Crippen molar-refractivity contribution in [2.75, 3.05) is 6.54 Å². The molecule has 106 valence electrons. The monoisotopic (exact) mass is 281 g/mol. The highest BCUT2D eigenvalue weighted by Gasteiger charge is 2.19. The standard InChI is InChI=1S/C11H11N3O6/c1-7(15)2-3-12-11(16)8-4-9(13(17)18)6-10(5-8)14(19)20/h4-6H,2-3H2,1H3,(H,12,16). The van der Waals surface area contributed by atoms with Crippen LogP contribution >= 0.6 is 0 Å². The Hall–Kier alpha value is -2.84. The SMILES string of the molecule is CC(=O)CCNC(=O)c1cc([N+](=O)[O-])cc([N+](=O)[O-])c1. The fourth-order valence-corrected chi connectivity index (χ4v) is 1.39. The van der Waals surface area contributed by atoms with E-state index in [0.717, 1.165) is 18.2 Å². The lowest BCUT2D eigenvalue weighted by Crippen LogP contribution is -2.25. The van der Waals surface area contributed by atoms with Gasteiger partial charge < -0.3 is 5.32 Å². The summed E-state index contributed by atoms with van der Waals surface area (Å²) in [4.78, 5) is 42.1. The normalized spacial score (nSPS) is 9.85. The Morgan fingerprint density at radius 2 is 1.60 bits per heavy atom. The number of nitro benzene ring substituents is 2. The largest absolute Gasteiger partial charge is 0.352 e. The number of amides is 1. The van der Waals surface area contributed by atoms with Gasteiger partial charge in [-0.25, -0.2) is 0 Å². The van der Waals surface area contributed by atoms with E-state index in [1.54, 1.807) is 0 Å². The molecule has 9 heteroatoms. The van der Waals surface area contributed by atoms with Crippen LogP contribution in [0.3, 0.4) is 0 Å². The van der Waals surface area contributed by atoms with Crippen molar-refractivity contribution in [3.63, 3.8) is 0 Å². The molecule has 0 spiro atoms. The minimum absolute atomic E-state index is 0.0602. The molecule has 0 fully saturated rings. The second-order valence-electron chi connectivity index (χ2n) is 3.96. The predicted molar refractivity (Wildman–Crippen MR) is 67.4 cm³/mol. The lowest BCUT2D eigenvalue weighted by molar-refractivity contribution is -0.394. The van der Waals surface area contributed by atoms with E-state index in [9.17, 15) is 29.8 Å². The molecular formula is C11H11N3O6. The number of nitro groups is 2. The van der Waals surface area contributed by atoms with Crippen LogP contribution in [0.4, 0.5) is 11.4 Å². The number of carbonyl (C=O) groups is 2. The van der Waals surface area contributed by atoms with Gasteiger partial charge in [0.05, 0.1) is 21.5 Å². The molecule has 20 heavy (non-hydrogen) atoms. The quantitative estimate of drug-likeness (QED) is 0.615. The van der Waals surface area contributed by atoms with Crippen LogP contribution in [0.15, 0.2) is 18.2 Å². The number of hydrogen-bond donors (Lipinski definition) is 1. The molecule has 0 aromatic heterocycles. The Balaban J connectivity index is 2.98. The van der Waals surface area contributed by atoms with E-state index in [1.165, 1.54) is 6.92 Å². The van der Waals surface area contributed by atoms with Gasteiger partial charge in [-0.15, -0.1) is 0 Å². The highest BCUT2D eigenvalue weighted by Crippen LogP contribution is 2.22. The molecule has 1 N–H and O–H groups in total. The molecule has 0 heterocycles. The van der Waals surface area contributed by atoms with Crippen molar-refractivity contribution in [3.05, 3.63) is 44.0 Å². The van der Waals surface area contributed by atoms with Crippen LogP contribution < -0.4 is 5.32 Å². The Labute approximate surface area is 112 Å². The Kier molecular flexibility index (Phi) is 4.84. The molecule has 0 aliphatic rings. The maximum Gasteiger partial charge on any atom is 0.277 e. The smallest absolute Gasteiger partial charge is 0.277 e. The Morgan fingerprint density at radius 3 is 2.00 bits per heavy atom. The third-order valence-corrected chi connectivity index (χ3v) is 2.35. The van der Waals surface area contributed by atoms with Gasteiger partial charge in [-0.3, -0.25) is 29.8 Å². The van der Waals surface area contributed by atoms with Gasteiger partial charge in [0.25, 0.3) is 17.3 Å². The molecule has 1 rings (SSSR count). The molecule has 0 atom stereocenters. The average Bonchev–Trinajstić information content (AvgIpc) is 2.37. The summed E-state index contributed by atoms with van der Waals surface area (Å²) >= 11 is 0. The number of rotatable bonds is 6. The molecule has 1 amide bonds. The van der Waals surface area contributed by atoms with E-state index in [-0.39, 0.29) is 24.3 Å². The van der Waals surface area contributed by atoms with Crippen LogP contribution in [-0.4, -0.2) is 28.1 Å². The first-order valence-electron chi connectivity index (χ1n) is 5.52. The number of Topliss-reactive ketones (excluding diaryl/α,β-unsaturated/α-hetero) is 1. The topological polar surface area (TPSA) is 132 Å². The number of hydrogen-bond acceptors (Lipinski definition) is 6. The summed E-state index contributed by atoms with van der Waals surface area (Å²) in [5.74, 6) is -0.839. The van der Waals surface area contributed by atoms with E-state index in [2.05, 4.69) is 5.32 Å². The molecular weight excluding hydrogens is 270 g/mol. The Morgan fingerprint density at radius 1 is 1.10 bits per heavy atom. The fraction of sp³-hybridized carbons (Fsp3) is 0.273. The van der Waals surface area contributed by atoms with Crippen LogP contribution in [0, 0.1) is 20.2 Å². The molecule has 9 nitrogen and oxygen atoms in total. The minimum Gasteiger partial charge on any atom is -0.352 e. The molecule has 0 aliphatic heterocycles. The molecule has 0 radical (unpaired) electrons. The van der Waals surface area contributed by atoms with Crippen molar-refractivity contribution in [2.45, 2.75) is 13.3 Å². The number of nitrogens with one attached hydrogen (secondary N) is 1. The van der Waals surface area contributed by atoms with E-state index in [4.69, 9.17) is 0 Å². The first kappa shape index (κ1) is 15.2. The molecule has 0 aliphatic carbocycles. The lowest BCUT2D eigenvalue weighted by Gasteiger charge is -2.04. The third kappa shape index (κ3) is 4.12. The summed E-state index contributed by atoms with van der Waals surface area (Å²) in [7, 11) is 0. The van der Waals surface area contributed by atoms with Gasteiger partial charge in [0.15, 0.2) is 0 Å². The number of carbonyl (C=O) groups excluding carboxylic acids is 2. The van der Waals surface area contributed by atoms with E-state index >= 15 is 0 Å². The van der Waals surface area contributed by atoms with Crippen LogP contribution in [0.2, 0.25) is 0 Å². The summed E-state index contributed by atoms with van der Waals surface area (Å²) < 4.78 is 0. The molecule has 1 aromatic rings. The van der Waals surface area contributed by atoms with Gasteiger partial charge in [0.2, 0.25) is 0 Å². The van der Waals surface area contributed by atoms with Gasteiger partial charge in [-0.05, 0) is 6.92 Å². The van der Waals surface area contributed by atoms with Crippen molar-refractivity contribution in [3.8, 4) is 0 Å². The molecule has 1 aromatic carbocycles. The van der Waals surface area contributed by atoms with Crippen LogP contribution in [0.1, 0.15) is 23.7 Å². The molecule has 0 bridgehead atoms. The van der Waals surface area contributed by atoms with Crippen molar-refractivity contribution < 1.29 is 19.4 Å². The van der Waals surface area contributed by atoms with Gasteiger partial charge in [0.1, 0.15) is 5.78 Å². The summed E-state index contributed by atoms with van der Waals surface area (Å²) in [5.41, 5.74) is -1.29. The highest BCUT2D eigenvalue weighted by atomic mass is 16.6. The van der Waals surface area contributed by atoms with E-state index in [1.807, 2.05) is 0 Å². The van der Waals surface area contributed by atoms with Gasteiger partial charge in [-0.2, -0.15) is 0 Å². The summed E-state index contributed by atoms with van der Waals surface area (Å²) in [6.07, 6.45) is 0.114. The maximum absolute atomic E-state index is 11.7. The number of nitrogens with zero attached hydrogens (tertiary/aromatic N) is 2. The maximum atomic E-state index is 11.7. The zero-order valence-corrected chi connectivity index (χ0v) is 10.5. The van der Waals surface area contributed by atoms with E-state index < -0.39 is 27.1 Å². The van der Waals surface area contributed by atoms with Gasteiger partial charge >= 0.3 is 0 Å². The van der Waals surface area contributed by atoms with Crippen LogP contribution in [0.25, 0.3) is 0 Å². The summed E-state index contributed by atoms with van der Waals surface area (Å²) in [5, 5.41) is 23.7. The zero-order valence-electron chi connectivity index (χ0n) is 10.5. The summed E-state index contributed by atoms with van der Waals surface area (Å²) in [6, 6.07) is 2.65. The fourth-order valence-electron chi connectivity index (χ4n) is 1.39. The van der Waals surface area contributed by atoms with E-state index in [0.29, 0.717) is 0 Å². The van der Waals surface area contributed by atoms with Crippen molar-refractivity contribution in [1.82, 2.24) is 5.32 Å². The lowest BCUT2D eigenvalue weighted by atomic mass is 10.1. The van der Waals surface area contributed by atoms with Crippen molar-refractivity contribution in [2.24, 2.45) is 0 Å². The Bertz CT molecular complexity index is 551. The number of ketones is 1. The number of benzene rings is 1. The van der Waals surface area contributed by atoms with Crippen molar-refractivity contribution in [1.29, 1.82) is 0 Å². The third-order valence-electron chi connectivity index (χ3n) is 2.35. The van der Waals surface area contributed by atoms with Crippen molar-refractivity contribution >= 4 is 23.1 Å². The van der Waals surface area contributed by atoms with Crippen LogP contribution in [-0.2, 0) is 4.79 Å². The average molecular weight is 281 g/mol. The minimum atomic E-state index is -0.820. The molecule has 0 saturated heterocycles. The first-order valence-corrected chi connectivity index (χ1v) is 5.52. The number of non-ortho nitro benzene ring substituents is 2. The second-order valence-corrected chi connectivity index (χ2v) is 3.96. The first-order chi connectivity index (χ1) is 9.31. The van der Waals surface area contributed by atoms with Crippen LogP contribution in [0.5, 0.6) is 0 Å². The highest BCUT2D eigenvalue weighted by molar-refractivity contribution is 5.95. The molecule has 0 unspecified atom stereocenters. The predicted octanol–water partition coefficient (Wildman–Crippen LogP) is 1.21. The second kappa shape index (κ2) is 6.36. The zero-order chi connectivity index (χ0) is 15.3.